The summed E-state index contributed by atoms with van der Waals surface area (Å²) in [4.78, 5) is 18.5. The smallest absolute Gasteiger partial charge is 0.230 e. The van der Waals surface area contributed by atoms with Crippen molar-refractivity contribution in [2.24, 2.45) is 0 Å². The fraction of sp³-hybridized carbons (Fsp3) is 0.333. The molecule has 1 aliphatic heterocycles. The lowest BCUT2D eigenvalue weighted by molar-refractivity contribution is -0.918. The van der Waals surface area contributed by atoms with Gasteiger partial charge in [-0.25, -0.2) is 4.98 Å². The highest BCUT2D eigenvalue weighted by molar-refractivity contribution is 8.01. The second-order valence-electron chi connectivity index (χ2n) is 6.99. The van der Waals surface area contributed by atoms with Crippen LogP contribution in [0.2, 0.25) is 0 Å². The molecule has 0 unspecified atom stereocenters. The molecule has 4 nitrogen and oxygen atoms in total. The summed E-state index contributed by atoms with van der Waals surface area (Å²) >= 11 is 3.19. The van der Waals surface area contributed by atoms with Crippen molar-refractivity contribution in [2.75, 3.05) is 18.8 Å². The Labute approximate surface area is 180 Å². The number of para-hydroxylation sites is 1. The maximum absolute atomic E-state index is 12.3. The fourth-order valence-electron chi connectivity index (χ4n) is 3.54. The molecule has 0 spiro atoms. The van der Waals surface area contributed by atoms with Gasteiger partial charge in [0.2, 0.25) is 5.91 Å². The molecule has 3 aromatic rings. The number of likely N-dealkylation sites (tertiary alicyclic amines) is 1. The van der Waals surface area contributed by atoms with Gasteiger partial charge in [-0.2, -0.15) is 0 Å². The van der Waals surface area contributed by atoms with Crippen LogP contribution in [-0.4, -0.2) is 35.8 Å². The molecule has 4 rings (SSSR count). The molecule has 0 bridgehead atoms. The summed E-state index contributed by atoms with van der Waals surface area (Å²) in [6.07, 6.45) is 2.11. The average molecular weight is 434 g/mol. The van der Waals surface area contributed by atoms with Gasteiger partial charge in [0.1, 0.15) is 6.54 Å². The maximum atomic E-state index is 12.3. The van der Waals surface area contributed by atoms with Crippen molar-refractivity contribution in [3.05, 3.63) is 60.2 Å². The molecular formula is C21H24ClN3OS2. The van der Waals surface area contributed by atoms with E-state index in [2.05, 4.69) is 46.7 Å². The Morgan fingerprint density at radius 2 is 1.82 bits per heavy atom. The zero-order valence-corrected chi connectivity index (χ0v) is 18.0. The summed E-state index contributed by atoms with van der Waals surface area (Å²) < 4.78 is 2.14. The van der Waals surface area contributed by atoms with Gasteiger partial charge in [0, 0.05) is 24.4 Å². The average Bonchev–Trinajstić information content (AvgIpc) is 3.12. The molecule has 7 heteroatoms. The minimum absolute atomic E-state index is 0. The van der Waals surface area contributed by atoms with Gasteiger partial charge in [-0.1, -0.05) is 54.2 Å². The lowest BCUT2D eigenvalue weighted by Crippen LogP contribution is -3.12. The van der Waals surface area contributed by atoms with Crippen molar-refractivity contribution >= 4 is 39.2 Å². The van der Waals surface area contributed by atoms with Gasteiger partial charge in [0.15, 0.2) is 4.34 Å². The number of piperidine rings is 1. The maximum Gasteiger partial charge on any atom is 0.230 e. The van der Waals surface area contributed by atoms with Crippen LogP contribution >= 0.6 is 23.1 Å². The number of carbonyl (C=O) groups is 1. The number of carbonyl (C=O) groups excluding carboxylic acids is 1. The summed E-state index contributed by atoms with van der Waals surface area (Å²) in [5.41, 5.74) is 2.40. The molecule has 148 valence electrons. The van der Waals surface area contributed by atoms with Crippen LogP contribution in [0.1, 0.15) is 18.4 Å². The van der Waals surface area contributed by atoms with Gasteiger partial charge >= 0.3 is 0 Å². The number of halogens is 1. The monoisotopic (exact) mass is 433 g/mol. The number of nitrogens with one attached hydrogen (secondary N) is 2. The van der Waals surface area contributed by atoms with E-state index in [-0.39, 0.29) is 18.3 Å². The van der Waals surface area contributed by atoms with Crippen molar-refractivity contribution in [1.82, 2.24) is 10.3 Å². The van der Waals surface area contributed by atoms with E-state index in [1.807, 2.05) is 18.2 Å². The Morgan fingerprint density at radius 3 is 2.57 bits per heavy atom. The predicted molar refractivity (Wildman–Crippen MR) is 112 cm³/mol. The third-order valence-corrected chi connectivity index (χ3v) is 7.14. The van der Waals surface area contributed by atoms with Gasteiger partial charge in [-0.3, -0.25) is 4.79 Å². The Balaban J connectivity index is 0.00000225. The molecular weight excluding hydrogens is 410 g/mol. The first kappa shape index (κ1) is 21.1. The number of thioether (sulfide) groups is 1. The number of aromatic nitrogens is 1. The van der Waals surface area contributed by atoms with Gasteiger partial charge in [-0.15, -0.1) is 11.3 Å². The molecule has 28 heavy (non-hydrogen) atoms. The SMILES string of the molecule is O=C(CSc1nc2ccccc2s1)NC1CC[NH+](Cc2ccccc2)CC1.[Cl-]. The number of amides is 1. The van der Waals surface area contributed by atoms with Gasteiger partial charge < -0.3 is 22.6 Å². The molecule has 0 atom stereocenters. The van der Waals surface area contributed by atoms with Crippen molar-refractivity contribution in [3.8, 4) is 0 Å². The molecule has 2 aromatic carbocycles. The van der Waals surface area contributed by atoms with E-state index in [0.29, 0.717) is 11.8 Å². The van der Waals surface area contributed by atoms with E-state index in [4.69, 9.17) is 0 Å². The molecule has 1 aliphatic rings. The van der Waals surface area contributed by atoms with Gasteiger partial charge in [0.05, 0.1) is 29.1 Å². The van der Waals surface area contributed by atoms with Crippen LogP contribution in [0.3, 0.4) is 0 Å². The zero-order chi connectivity index (χ0) is 18.5. The summed E-state index contributed by atoms with van der Waals surface area (Å²) in [6.45, 7) is 3.31. The first-order valence-corrected chi connectivity index (χ1v) is 11.2. The lowest BCUT2D eigenvalue weighted by Gasteiger charge is -2.29. The van der Waals surface area contributed by atoms with E-state index in [1.165, 1.54) is 22.0 Å². The molecule has 0 radical (unpaired) electrons. The van der Waals surface area contributed by atoms with Crippen LogP contribution in [0.4, 0.5) is 0 Å². The third-order valence-electron chi connectivity index (χ3n) is 4.96. The largest absolute Gasteiger partial charge is 1.00 e. The fourth-order valence-corrected chi connectivity index (χ4v) is 5.42. The number of benzene rings is 2. The molecule has 2 heterocycles. The Hall–Kier alpha value is -1.60. The second-order valence-corrected chi connectivity index (χ2v) is 9.24. The van der Waals surface area contributed by atoms with E-state index in [9.17, 15) is 4.79 Å². The second kappa shape index (κ2) is 10.3. The van der Waals surface area contributed by atoms with Crippen molar-refractivity contribution in [2.45, 2.75) is 29.8 Å². The summed E-state index contributed by atoms with van der Waals surface area (Å²) in [6, 6.07) is 19.1. The van der Waals surface area contributed by atoms with Crippen molar-refractivity contribution < 1.29 is 22.1 Å². The Bertz CT molecular complexity index is 862. The van der Waals surface area contributed by atoms with Crippen LogP contribution in [0.5, 0.6) is 0 Å². The molecule has 2 N–H and O–H groups in total. The van der Waals surface area contributed by atoms with E-state index < -0.39 is 0 Å². The summed E-state index contributed by atoms with van der Waals surface area (Å²) in [7, 11) is 0. The highest BCUT2D eigenvalue weighted by atomic mass is 35.5. The predicted octanol–water partition coefficient (Wildman–Crippen LogP) is -0.244. The number of hydrogen-bond donors (Lipinski definition) is 2. The molecule has 0 saturated carbocycles. The van der Waals surface area contributed by atoms with E-state index in [0.717, 1.165) is 42.3 Å². The highest BCUT2D eigenvalue weighted by Gasteiger charge is 2.23. The van der Waals surface area contributed by atoms with E-state index in [1.54, 1.807) is 16.2 Å². The molecule has 1 amide bonds. The highest BCUT2D eigenvalue weighted by Crippen LogP contribution is 2.29. The first-order chi connectivity index (χ1) is 13.3. The normalized spacial score (nSPS) is 19.1. The van der Waals surface area contributed by atoms with Crippen LogP contribution in [-0.2, 0) is 11.3 Å². The van der Waals surface area contributed by atoms with Crippen LogP contribution in [0.15, 0.2) is 58.9 Å². The van der Waals surface area contributed by atoms with Crippen LogP contribution in [0, 0.1) is 0 Å². The minimum atomic E-state index is 0. The van der Waals surface area contributed by atoms with Crippen molar-refractivity contribution in [1.29, 1.82) is 0 Å². The number of fused-ring (bicyclic) bond motifs is 1. The quantitative estimate of drug-likeness (QED) is 0.527. The molecule has 1 saturated heterocycles. The number of rotatable bonds is 6. The molecule has 1 aromatic heterocycles. The topological polar surface area (TPSA) is 46.4 Å². The van der Waals surface area contributed by atoms with E-state index >= 15 is 0 Å². The summed E-state index contributed by atoms with van der Waals surface area (Å²) in [5, 5.41) is 3.21. The number of nitrogens with zero attached hydrogens (tertiary/aromatic N) is 1. The molecule has 0 aliphatic carbocycles. The standard InChI is InChI=1S/C21H23N3OS2.ClH/c25-20(15-26-21-23-18-8-4-5-9-19(18)27-21)22-17-10-12-24(13-11-17)14-16-6-2-1-3-7-16;/h1-9,17H,10-15H2,(H,22,25);1H. The van der Waals surface area contributed by atoms with Gasteiger partial charge in [0.25, 0.3) is 0 Å². The first-order valence-electron chi connectivity index (χ1n) is 9.41. The number of thiazole rings is 1. The number of hydrogen-bond acceptors (Lipinski definition) is 4. The molecule has 1 fully saturated rings. The van der Waals surface area contributed by atoms with Crippen molar-refractivity contribution in [3.63, 3.8) is 0 Å². The lowest BCUT2D eigenvalue weighted by atomic mass is 10.0. The third kappa shape index (κ3) is 5.70. The minimum Gasteiger partial charge on any atom is -1.00 e. The van der Waals surface area contributed by atoms with Crippen LogP contribution < -0.4 is 22.6 Å². The Morgan fingerprint density at radius 1 is 1.11 bits per heavy atom. The zero-order valence-electron chi connectivity index (χ0n) is 15.6. The number of quaternary nitrogens is 1. The van der Waals surface area contributed by atoms with Gasteiger partial charge in [-0.05, 0) is 12.1 Å². The summed E-state index contributed by atoms with van der Waals surface area (Å²) in [5.74, 6) is 0.562. The Kier molecular flexibility index (Phi) is 7.73. The van der Waals surface area contributed by atoms with Crippen LogP contribution in [0.25, 0.3) is 10.2 Å².